The second kappa shape index (κ2) is 5.30. The molecule has 5 nitrogen and oxygen atoms in total. The first-order chi connectivity index (χ1) is 9.04. The van der Waals surface area contributed by atoms with E-state index in [2.05, 4.69) is 5.32 Å². The standard InChI is InChI=1S/C14H18N2O3/c1-3-15-13(17)9(2)16-7-6-10-4-5-11(14(18)19)8-12(10)16/h4-5,8-9H,3,6-7H2,1-2H3,(H,15,17)(H,18,19). The van der Waals surface area contributed by atoms with Crippen molar-refractivity contribution in [2.75, 3.05) is 18.0 Å². The van der Waals surface area contributed by atoms with Crippen LogP contribution < -0.4 is 10.2 Å². The Hall–Kier alpha value is -2.04. The van der Waals surface area contributed by atoms with Crippen LogP contribution in [0.15, 0.2) is 18.2 Å². The van der Waals surface area contributed by atoms with Gasteiger partial charge in [-0.25, -0.2) is 4.79 Å². The fourth-order valence-electron chi connectivity index (χ4n) is 2.40. The third kappa shape index (κ3) is 2.54. The largest absolute Gasteiger partial charge is 0.478 e. The third-order valence-electron chi connectivity index (χ3n) is 3.46. The number of hydrogen-bond acceptors (Lipinski definition) is 3. The van der Waals surface area contributed by atoms with Crippen LogP contribution in [0.5, 0.6) is 0 Å². The number of amides is 1. The van der Waals surface area contributed by atoms with E-state index in [0.29, 0.717) is 6.54 Å². The number of carboxylic acids is 1. The summed E-state index contributed by atoms with van der Waals surface area (Å²) in [4.78, 5) is 24.9. The Morgan fingerprint density at radius 1 is 1.47 bits per heavy atom. The van der Waals surface area contributed by atoms with E-state index < -0.39 is 5.97 Å². The van der Waals surface area contributed by atoms with Crippen molar-refractivity contribution in [1.29, 1.82) is 0 Å². The average molecular weight is 262 g/mol. The molecule has 0 fully saturated rings. The van der Waals surface area contributed by atoms with Crippen molar-refractivity contribution in [3.05, 3.63) is 29.3 Å². The molecule has 1 aromatic carbocycles. The molecule has 1 amide bonds. The Kier molecular flexibility index (Phi) is 3.74. The summed E-state index contributed by atoms with van der Waals surface area (Å²) < 4.78 is 0. The van der Waals surface area contributed by atoms with E-state index >= 15 is 0 Å². The number of carboxylic acid groups (broad SMARTS) is 1. The first-order valence-electron chi connectivity index (χ1n) is 6.45. The molecule has 1 heterocycles. The molecule has 0 bridgehead atoms. The fourth-order valence-corrected chi connectivity index (χ4v) is 2.40. The van der Waals surface area contributed by atoms with E-state index in [9.17, 15) is 9.59 Å². The highest BCUT2D eigenvalue weighted by Gasteiger charge is 2.28. The molecule has 0 saturated carbocycles. The molecule has 1 aliphatic rings. The Bertz CT molecular complexity index is 513. The van der Waals surface area contributed by atoms with Gasteiger partial charge in [-0.2, -0.15) is 0 Å². The molecule has 5 heteroatoms. The molecule has 1 atom stereocenters. The molecule has 102 valence electrons. The van der Waals surface area contributed by atoms with Gasteiger partial charge in [0.1, 0.15) is 6.04 Å². The lowest BCUT2D eigenvalue weighted by molar-refractivity contribution is -0.121. The fraction of sp³-hybridized carbons (Fsp3) is 0.429. The van der Waals surface area contributed by atoms with Crippen molar-refractivity contribution in [2.24, 2.45) is 0 Å². The second-order valence-corrected chi connectivity index (χ2v) is 4.66. The molecular weight excluding hydrogens is 244 g/mol. The van der Waals surface area contributed by atoms with Crippen molar-refractivity contribution < 1.29 is 14.7 Å². The minimum atomic E-state index is -0.944. The Morgan fingerprint density at radius 3 is 2.84 bits per heavy atom. The van der Waals surface area contributed by atoms with Crippen LogP contribution in [0, 0.1) is 0 Å². The number of nitrogens with one attached hydrogen (secondary N) is 1. The van der Waals surface area contributed by atoms with Gasteiger partial charge in [-0.05, 0) is 38.0 Å². The van der Waals surface area contributed by atoms with Crippen LogP contribution in [0.2, 0.25) is 0 Å². The number of carbonyl (C=O) groups is 2. The number of hydrogen-bond donors (Lipinski definition) is 2. The van der Waals surface area contributed by atoms with E-state index in [1.807, 2.05) is 24.8 Å². The molecular formula is C14H18N2O3. The van der Waals surface area contributed by atoms with Gasteiger partial charge < -0.3 is 15.3 Å². The van der Waals surface area contributed by atoms with E-state index in [0.717, 1.165) is 24.2 Å². The molecule has 2 rings (SSSR count). The maximum Gasteiger partial charge on any atom is 0.335 e. The van der Waals surface area contributed by atoms with Crippen LogP contribution in [0.25, 0.3) is 0 Å². The van der Waals surface area contributed by atoms with Gasteiger partial charge in [0.15, 0.2) is 0 Å². The van der Waals surface area contributed by atoms with E-state index in [4.69, 9.17) is 5.11 Å². The topological polar surface area (TPSA) is 69.6 Å². The molecule has 0 saturated heterocycles. The van der Waals surface area contributed by atoms with Gasteiger partial charge in [-0.3, -0.25) is 4.79 Å². The van der Waals surface area contributed by atoms with Gasteiger partial charge in [0.2, 0.25) is 5.91 Å². The van der Waals surface area contributed by atoms with Crippen LogP contribution in [-0.4, -0.2) is 36.1 Å². The van der Waals surface area contributed by atoms with Crippen LogP contribution in [-0.2, 0) is 11.2 Å². The number of nitrogens with zero attached hydrogens (tertiary/aromatic N) is 1. The number of benzene rings is 1. The number of aromatic carboxylic acids is 1. The molecule has 0 aliphatic carbocycles. The van der Waals surface area contributed by atoms with Gasteiger partial charge in [0, 0.05) is 18.8 Å². The molecule has 1 unspecified atom stereocenters. The summed E-state index contributed by atoms with van der Waals surface area (Å²) in [5.74, 6) is -0.976. The third-order valence-corrected chi connectivity index (χ3v) is 3.46. The first-order valence-corrected chi connectivity index (χ1v) is 6.45. The maximum atomic E-state index is 11.9. The van der Waals surface area contributed by atoms with Crippen LogP contribution in [0.1, 0.15) is 29.8 Å². The Labute approximate surface area is 112 Å². The molecule has 0 aromatic heterocycles. The minimum Gasteiger partial charge on any atom is -0.478 e. The van der Waals surface area contributed by atoms with Gasteiger partial charge in [-0.15, -0.1) is 0 Å². The monoisotopic (exact) mass is 262 g/mol. The lowest BCUT2D eigenvalue weighted by Crippen LogP contribution is -2.44. The number of fused-ring (bicyclic) bond motifs is 1. The average Bonchev–Trinajstić information content (AvgIpc) is 2.80. The van der Waals surface area contributed by atoms with Gasteiger partial charge in [-0.1, -0.05) is 6.07 Å². The van der Waals surface area contributed by atoms with Crippen molar-refractivity contribution >= 4 is 17.6 Å². The van der Waals surface area contributed by atoms with Gasteiger partial charge in [0.25, 0.3) is 0 Å². The maximum absolute atomic E-state index is 11.9. The summed E-state index contributed by atoms with van der Waals surface area (Å²) in [5.41, 5.74) is 2.22. The Balaban J connectivity index is 2.27. The minimum absolute atomic E-state index is 0.0314. The highest BCUT2D eigenvalue weighted by molar-refractivity contribution is 5.91. The second-order valence-electron chi connectivity index (χ2n) is 4.66. The summed E-state index contributed by atoms with van der Waals surface area (Å²) in [6, 6.07) is 4.82. The van der Waals surface area contributed by atoms with Crippen LogP contribution in [0.3, 0.4) is 0 Å². The summed E-state index contributed by atoms with van der Waals surface area (Å²) in [6.07, 6.45) is 0.846. The Morgan fingerprint density at radius 2 is 2.21 bits per heavy atom. The summed E-state index contributed by atoms with van der Waals surface area (Å²) in [7, 11) is 0. The van der Waals surface area contributed by atoms with Gasteiger partial charge in [0.05, 0.1) is 5.56 Å². The number of anilines is 1. The van der Waals surface area contributed by atoms with Crippen molar-refractivity contribution in [2.45, 2.75) is 26.3 Å². The van der Waals surface area contributed by atoms with Crippen molar-refractivity contribution in [3.63, 3.8) is 0 Å². The predicted molar refractivity (Wildman–Crippen MR) is 72.6 cm³/mol. The lowest BCUT2D eigenvalue weighted by Gasteiger charge is -2.26. The molecule has 19 heavy (non-hydrogen) atoms. The smallest absolute Gasteiger partial charge is 0.335 e. The van der Waals surface area contributed by atoms with Crippen LogP contribution in [0.4, 0.5) is 5.69 Å². The highest BCUT2D eigenvalue weighted by atomic mass is 16.4. The zero-order valence-electron chi connectivity index (χ0n) is 11.1. The number of likely N-dealkylation sites (N-methyl/N-ethyl adjacent to an activating group) is 1. The highest BCUT2D eigenvalue weighted by Crippen LogP contribution is 2.30. The number of carbonyl (C=O) groups excluding carboxylic acids is 1. The summed E-state index contributed by atoms with van der Waals surface area (Å²) in [5, 5.41) is 11.8. The molecule has 1 aromatic rings. The molecule has 2 N–H and O–H groups in total. The molecule has 1 aliphatic heterocycles. The van der Waals surface area contributed by atoms with Gasteiger partial charge >= 0.3 is 5.97 Å². The summed E-state index contributed by atoms with van der Waals surface area (Å²) in [6.45, 7) is 5.06. The lowest BCUT2D eigenvalue weighted by atomic mass is 10.1. The summed E-state index contributed by atoms with van der Waals surface area (Å²) >= 11 is 0. The SMILES string of the molecule is CCNC(=O)C(C)N1CCc2ccc(C(=O)O)cc21. The van der Waals surface area contributed by atoms with E-state index in [-0.39, 0.29) is 17.5 Å². The molecule has 0 radical (unpaired) electrons. The van der Waals surface area contributed by atoms with Crippen LogP contribution >= 0.6 is 0 Å². The quantitative estimate of drug-likeness (QED) is 0.857. The zero-order chi connectivity index (χ0) is 14.0. The molecule has 0 spiro atoms. The van der Waals surface area contributed by atoms with E-state index in [1.165, 1.54) is 0 Å². The van der Waals surface area contributed by atoms with Crippen molar-refractivity contribution in [3.8, 4) is 0 Å². The normalized spacial score (nSPS) is 14.9. The predicted octanol–water partition coefficient (Wildman–Crippen LogP) is 1.27. The zero-order valence-corrected chi connectivity index (χ0v) is 11.1. The first kappa shape index (κ1) is 13.4. The number of rotatable bonds is 4. The van der Waals surface area contributed by atoms with E-state index in [1.54, 1.807) is 12.1 Å². The van der Waals surface area contributed by atoms with Crippen molar-refractivity contribution in [1.82, 2.24) is 5.32 Å².